The number of urea groups is 1. The van der Waals surface area contributed by atoms with Gasteiger partial charge in [-0.3, -0.25) is 4.79 Å². The molecule has 3 atom stereocenters. The molecule has 0 bridgehead atoms. The van der Waals surface area contributed by atoms with E-state index in [4.69, 9.17) is 9.84 Å². The SMILES string of the molecule is CCC1OCCC1CNC(=O)N[C@@H](CC(=O)OC)C(=O)O. The number of ether oxygens (including phenoxy) is 2. The second-order valence-electron chi connectivity index (χ2n) is 4.89. The maximum absolute atomic E-state index is 11.7. The molecule has 1 saturated heterocycles. The Morgan fingerprint density at radius 1 is 1.43 bits per heavy atom. The molecular formula is C13H22N2O6. The summed E-state index contributed by atoms with van der Waals surface area (Å²) < 4.78 is 9.90. The third-order valence-corrected chi connectivity index (χ3v) is 3.48. The van der Waals surface area contributed by atoms with Crippen molar-refractivity contribution in [3.05, 3.63) is 0 Å². The smallest absolute Gasteiger partial charge is 0.326 e. The van der Waals surface area contributed by atoms with Crippen LogP contribution in [0.25, 0.3) is 0 Å². The Morgan fingerprint density at radius 3 is 2.71 bits per heavy atom. The minimum absolute atomic E-state index is 0.121. The van der Waals surface area contributed by atoms with Crippen LogP contribution < -0.4 is 10.6 Å². The summed E-state index contributed by atoms with van der Waals surface area (Å²) in [5, 5.41) is 13.8. The first kappa shape index (κ1) is 17.2. The number of methoxy groups -OCH3 is 1. The molecule has 8 nitrogen and oxygen atoms in total. The summed E-state index contributed by atoms with van der Waals surface area (Å²) in [5.41, 5.74) is 0. The van der Waals surface area contributed by atoms with Gasteiger partial charge in [0.1, 0.15) is 6.04 Å². The molecule has 1 fully saturated rings. The monoisotopic (exact) mass is 302 g/mol. The maximum atomic E-state index is 11.7. The zero-order chi connectivity index (χ0) is 15.8. The molecule has 1 aliphatic heterocycles. The first-order valence-electron chi connectivity index (χ1n) is 6.93. The van der Waals surface area contributed by atoms with Crippen molar-refractivity contribution in [1.82, 2.24) is 10.6 Å². The summed E-state index contributed by atoms with van der Waals surface area (Å²) in [7, 11) is 1.16. The van der Waals surface area contributed by atoms with Crippen molar-refractivity contribution in [2.45, 2.75) is 38.3 Å². The summed E-state index contributed by atoms with van der Waals surface area (Å²) in [6, 6.07) is -1.92. The third kappa shape index (κ3) is 5.58. The summed E-state index contributed by atoms with van der Waals surface area (Å²) in [4.78, 5) is 33.8. The van der Waals surface area contributed by atoms with Crippen LogP contribution in [0.1, 0.15) is 26.2 Å². The fourth-order valence-corrected chi connectivity index (χ4v) is 2.26. The van der Waals surface area contributed by atoms with Gasteiger partial charge in [-0.15, -0.1) is 0 Å². The van der Waals surface area contributed by atoms with E-state index in [-0.39, 0.29) is 12.0 Å². The van der Waals surface area contributed by atoms with Gasteiger partial charge in [-0.05, 0) is 12.8 Å². The summed E-state index contributed by atoms with van der Waals surface area (Å²) >= 11 is 0. The highest BCUT2D eigenvalue weighted by atomic mass is 16.5. The minimum Gasteiger partial charge on any atom is -0.480 e. The zero-order valence-electron chi connectivity index (χ0n) is 12.3. The molecule has 120 valence electrons. The highest BCUT2D eigenvalue weighted by molar-refractivity contribution is 5.86. The van der Waals surface area contributed by atoms with Crippen LogP contribution in [0.3, 0.4) is 0 Å². The van der Waals surface area contributed by atoms with Crippen LogP contribution in [-0.4, -0.2) is 55.5 Å². The Bertz CT molecular complexity index is 387. The van der Waals surface area contributed by atoms with E-state index in [2.05, 4.69) is 15.4 Å². The summed E-state index contributed by atoms with van der Waals surface area (Å²) in [6.45, 7) is 3.10. The molecule has 0 aromatic heterocycles. The molecule has 0 aliphatic carbocycles. The molecule has 0 aromatic carbocycles. The van der Waals surface area contributed by atoms with Crippen LogP contribution in [-0.2, 0) is 19.1 Å². The predicted octanol–water partition coefficient (Wildman–Crippen LogP) is 0.117. The molecule has 0 aromatic rings. The van der Waals surface area contributed by atoms with Crippen LogP contribution in [0.2, 0.25) is 0 Å². The Kier molecular flexibility index (Phi) is 6.93. The van der Waals surface area contributed by atoms with E-state index in [1.54, 1.807) is 0 Å². The number of nitrogens with one attached hydrogen (secondary N) is 2. The van der Waals surface area contributed by atoms with Gasteiger partial charge in [-0.1, -0.05) is 6.92 Å². The Hall–Kier alpha value is -1.83. The quantitative estimate of drug-likeness (QED) is 0.575. The highest BCUT2D eigenvalue weighted by Crippen LogP contribution is 2.22. The average Bonchev–Trinajstić information content (AvgIpc) is 2.91. The van der Waals surface area contributed by atoms with Crippen molar-refractivity contribution in [2.24, 2.45) is 5.92 Å². The standard InChI is InChI=1S/C13H22N2O6/c1-3-10-8(4-5-21-10)7-14-13(19)15-9(12(17)18)6-11(16)20-2/h8-10H,3-7H2,1-2H3,(H,17,18)(H2,14,15,19)/t8?,9-,10?/m0/s1. The molecule has 1 heterocycles. The van der Waals surface area contributed by atoms with Gasteiger partial charge in [0.25, 0.3) is 0 Å². The summed E-state index contributed by atoms with van der Waals surface area (Å²) in [6.07, 6.45) is 1.44. The third-order valence-electron chi connectivity index (χ3n) is 3.48. The predicted molar refractivity (Wildman–Crippen MR) is 72.7 cm³/mol. The molecule has 1 aliphatic rings. The number of aliphatic carboxylic acids is 1. The second-order valence-corrected chi connectivity index (χ2v) is 4.89. The van der Waals surface area contributed by atoms with Crippen molar-refractivity contribution < 1.29 is 29.0 Å². The van der Waals surface area contributed by atoms with Gasteiger partial charge >= 0.3 is 18.0 Å². The molecule has 2 unspecified atom stereocenters. The van der Waals surface area contributed by atoms with Gasteiger partial charge in [-0.25, -0.2) is 9.59 Å². The molecule has 1 rings (SSSR count). The van der Waals surface area contributed by atoms with E-state index in [1.165, 1.54) is 0 Å². The fourth-order valence-electron chi connectivity index (χ4n) is 2.26. The van der Waals surface area contributed by atoms with Gasteiger partial charge in [0.2, 0.25) is 0 Å². The van der Waals surface area contributed by atoms with Crippen LogP contribution in [0.5, 0.6) is 0 Å². The average molecular weight is 302 g/mol. The van der Waals surface area contributed by atoms with E-state index in [0.29, 0.717) is 13.2 Å². The van der Waals surface area contributed by atoms with Gasteiger partial charge in [-0.2, -0.15) is 0 Å². The molecule has 0 spiro atoms. The van der Waals surface area contributed by atoms with E-state index < -0.39 is 30.4 Å². The number of carboxylic acid groups (broad SMARTS) is 1. The molecular weight excluding hydrogens is 280 g/mol. The number of rotatable bonds is 7. The van der Waals surface area contributed by atoms with Crippen molar-refractivity contribution in [2.75, 3.05) is 20.3 Å². The first-order chi connectivity index (χ1) is 9.97. The lowest BCUT2D eigenvalue weighted by Crippen LogP contribution is -2.48. The lowest BCUT2D eigenvalue weighted by atomic mass is 10.00. The van der Waals surface area contributed by atoms with Crippen LogP contribution in [0.4, 0.5) is 4.79 Å². The molecule has 0 radical (unpaired) electrons. The number of hydrogen-bond donors (Lipinski definition) is 3. The van der Waals surface area contributed by atoms with Crippen molar-refractivity contribution in [3.63, 3.8) is 0 Å². The number of amides is 2. The van der Waals surface area contributed by atoms with E-state index in [1.807, 2.05) is 6.92 Å². The maximum Gasteiger partial charge on any atom is 0.326 e. The van der Waals surface area contributed by atoms with E-state index in [9.17, 15) is 14.4 Å². The number of carboxylic acids is 1. The van der Waals surface area contributed by atoms with Gasteiger partial charge in [0.05, 0.1) is 19.6 Å². The van der Waals surface area contributed by atoms with Crippen molar-refractivity contribution in [1.29, 1.82) is 0 Å². The lowest BCUT2D eigenvalue weighted by molar-refractivity contribution is -0.147. The molecule has 0 saturated carbocycles. The Labute approximate surface area is 123 Å². The molecule has 2 amide bonds. The van der Waals surface area contributed by atoms with Crippen molar-refractivity contribution >= 4 is 18.0 Å². The molecule has 21 heavy (non-hydrogen) atoms. The number of esters is 1. The molecule has 3 N–H and O–H groups in total. The number of carbonyl (C=O) groups is 3. The fraction of sp³-hybridized carbons (Fsp3) is 0.769. The minimum atomic E-state index is -1.31. The van der Waals surface area contributed by atoms with Gasteiger partial charge in [0.15, 0.2) is 0 Å². The molecule has 8 heteroatoms. The number of carbonyl (C=O) groups excluding carboxylic acids is 2. The topological polar surface area (TPSA) is 114 Å². The van der Waals surface area contributed by atoms with Gasteiger partial charge in [0, 0.05) is 19.1 Å². The van der Waals surface area contributed by atoms with Crippen molar-refractivity contribution in [3.8, 4) is 0 Å². The highest BCUT2D eigenvalue weighted by Gasteiger charge is 2.28. The van der Waals surface area contributed by atoms with E-state index >= 15 is 0 Å². The largest absolute Gasteiger partial charge is 0.480 e. The Morgan fingerprint density at radius 2 is 2.14 bits per heavy atom. The number of hydrogen-bond acceptors (Lipinski definition) is 5. The first-order valence-corrected chi connectivity index (χ1v) is 6.93. The van der Waals surface area contributed by atoms with E-state index in [0.717, 1.165) is 20.0 Å². The van der Waals surface area contributed by atoms with Crippen LogP contribution in [0.15, 0.2) is 0 Å². The van der Waals surface area contributed by atoms with Crippen LogP contribution >= 0.6 is 0 Å². The van der Waals surface area contributed by atoms with Crippen LogP contribution in [0, 0.1) is 5.92 Å². The second kappa shape index (κ2) is 8.46. The zero-order valence-corrected chi connectivity index (χ0v) is 12.3. The van der Waals surface area contributed by atoms with Gasteiger partial charge < -0.3 is 25.2 Å². The lowest BCUT2D eigenvalue weighted by Gasteiger charge is -2.19. The Balaban J connectivity index is 2.39. The summed E-state index contributed by atoms with van der Waals surface area (Å²) in [5.74, 6) is -1.76. The normalized spacial score (nSPS) is 22.4.